The Balaban J connectivity index is 1.45. The Labute approximate surface area is 238 Å². The molecule has 3 aromatic heterocycles. The van der Waals surface area contributed by atoms with E-state index < -0.39 is 20.0 Å². The number of fused-ring (bicyclic) bond motifs is 3. The Morgan fingerprint density at radius 1 is 0.951 bits per heavy atom. The van der Waals surface area contributed by atoms with Crippen LogP contribution in [-0.4, -0.2) is 79.9 Å². The van der Waals surface area contributed by atoms with Crippen molar-refractivity contribution in [2.24, 2.45) is 7.05 Å². The summed E-state index contributed by atoms with van der Waals surface area (Å²) in [7, 11) is -6.19. The van der Waals surface area contributed by atoms with Crippen LogP contribution in [0.1, 0.15) is 5.56 Å². The lowest BCUT2D eigenvalue weighted by molar-refractivity contribution is 0.0390. The van der Waals surface area contributed by atoms with Gasteiger partial charge in [0.05, 0.1) is 40.4 Å². The molecule has 0 aliphatic carbocycles. The van der Waals surface area contributed by atoms with E-state index in [0.717, 1.165) is 29.6 Å². The predicted octanol–water partition coefficient (Wildman–Crippen LogP) is 2.75. The highest BCUT2D eigenvalue weighted by molar-refractivity contribution is 7.90. The fourth-order valence-electron chi connectivity index (χ4n) is 5.12. The number of ether oxygens (including phenoxy) is 1. The summed E-state index contributed by atoms with van der Waals surface area (Å²) in [4.78, 5) is 6.80. The van der Waals surface area contributed by atoms with Gasteiger partial charge in [-0.05, 0) is 37.3 Å². The summed E-state index contributed by atoms with van der Waals surface area (Å²) in [5.41, 5.74) is 2.60. The largest absolute Gasteiger partial charge is 0.379 e. The summed E-state index contributed by atoms with van der Waals surface area (Å²) in [5.74, 6) is 0. The highest BCUT2D eigenvalue weighted by Gasteiger charge is 2.27. The number of morpholine rings is 1. The van der Waals surface area contributed by atoms with Gasteiger partial charge in [-0.25, -0.2) is 30.5 Å². The van der Waals surface area contributed by atoms with Gasteiger partial charge in [-0.2, -0.15) is 5.10 Å². The van der Waals surface area contributed by atoms with Crippen molar-refractivity contribution in [3.63, 3.8) is 0 Å². The summed E-state index contributed by atoms with van der Waals surface area (Å²) in [5, 5.41) is 5.67. The van der Waals surface area contributed by atoms with Crippen molar-refractivity contribution in [2.75, 3.05) is 39.4 Å². The first-order valence-electron chi connectivity index (χ1n) is 13.2. The maximum absolute atomic E-state index is 14.1. The van der Waals surface area contributed by atoms with Crippen molar-refractivity contribution in [1.29, 1.82) is 0 Å². The van der Waals surface area contributed by atoms with Gasteiger partial charge in [-0.15, -0.1) is 0 Å². The number of hydrogen-bond donors (Lipinski definition) is 1. The molecule has 4 heterocycles. The minimum atomic E-state index is -4.11. The quantitative estimate of drug-likeness (QED) is 0.291. The summed E-state index contributed by atoms with van der Waals surface area (Å²) >= 11 is 0. The number of aromatic nitrogens is 4. The van der Waals surface area contributed by atoms with E-state index in [1.54, 1.807) is 66.6 Å². The van der Waals surface area contributed by atoms with Crippen molar-refractivity contribution < 1.29 is 21.6 Å². The molecule has 6 rings (SSSR count). The lowest BCUT2D eigenvalue weighted by Gasteiger charge is -2.26. The van der Waals surface area contributed by atoms with Gasteiger partial charge in [0.15, 0.2) is 5.65 Å². The zero-order chi connectivity index (χ0) is 28.8. The van der Waals surface area contributed by atoms with Crippen LogP contribution in [0.25, 0.3) is 33.2 Å². The van der Waals surface area contributed by atoms with E-state index in [4.69, 9.17) is 4.74 Å². The Morgan fingerprint density at radius 3 is 2.46 bits per heavy atom. The molecular formula is C28H30N6O5S2. The number of nitrogens with zero attached hydrogens (tertiary/aromatic N) is 5. The molecule has 41 heavy (non-hydrogen) atoms. The summed E-state index contributed by atoms with van der Waals surface area (Å²) in [6, 6.07) is 14.6. The normalized spacial score (nSPS) is 15.2. The summed E-state index contributed by atoms with van der Waals surface area (Å²) in [6.07, 6.45) is 3.26. The molecule has 0 amide bonds. The van der Waals surface area contributed by atoms with Crippen LogP contribution < -0.4 is 4.72 Å². The fraction of sp³-hybridized carbons (Fsp3) is 0.286. The van der Waals surface area contributed by atoms with Crippen LogP contribution >= 0.6 is 0 Å². The number of nitrogens with one attached hydrogen (secondary N) is 1. The molecule has 0 radical (unpaired) electrons. The molecule has 0 saturated carbocycles. The molecular weight excluding hydrogens is 564 g/mol. The first kappa shape index (κ1) is 27.5. The first-order chi connectivity index (χ1) is 19.6. The molecule has 11 nitrogen and oxygen atoms in total. The molecule has 0 spiro atoms. The maximum Gasteiger partial charge on any atom is 0.269 e. The van der Waals surface area contributed by atoms with Gasteiger partial charge in [-0.3, -0.25) is 9.58 Å². The number of pyridine rings is 1. The Morgan fingerprint density at radius 2 is 1.71 bits per heavy atom. The number of benzene rings is 2. The average Bonchev–Trinajstić information content (AvgIpc) is 3.55. The monoisotopic (exact) mass is 594 g/mol. The molecule has 13 heteroatoms. The second-order valence-corrected chi connectivity index (χ2v) is 13.6. The highest BCUT2D eigenvalue weighted by Crippen LogP contribution is 2.35. The van der Waals surface area contributed by atoms with Gasteiger partial charge in [0.1, 0.15) is 0 Å². The third-order valence-electron chi connectivity index (χ3n) is 7.30. The number of aryl methyl sites for hydroxylation is 2. The summed E-state index contributed by atoms with van der Waals surface area (Å²) < 4.78 is 65.6. The minimum Gasteiger partial charge on any atom is -0.379 e. The molecule has 1 aliphatic rings. The van der Waals surface area contributed by atoms with Crippen LogP contribution in [0.15, 0.2) is 76.8 Å². The third-order valence-corrected chi connectivity index (χ3v) is 10.5. The van der Waals surface area contributed by atoms with Crippen LogP contribution in [0, 0.1) is 6.92 Å². The van der Waals surface area contributed by atoms with Crippen LogP contribution in [0.2, 0.25) is 0 Å². The Hall–Kier alpha value is -3.62. The van der Waals surface area contributed by atoms with E-state index in [-0.39, 0.29) is 22.0 Å². The topological polar surface area (TPSA) is 128 Å². The van der Waals surface area contributed by atoms with E-state index in [1.165, 1.54) is 16.1 Å². The molecule has 1 saturated heterocycles. The molecule has 214 valence electrons. The lowest BCUT2D eigenvalue weighted by atomic mass is 10.1. The van der Waals surface area contributed by atoms with Crippen molar-refractivity contribution in [2.45, 2.75) is 16.7 Å². The second kappa shape index (κ2) is 10.7. The van der Waals surface area contributed by atoms with E-state index >= 15 is 0 Å². The zero-order valence-corrected chi connectivity index (χ0v) is 24.3. The number of sulfonamides is 1. The highest BCUT2D eigenvalue weighted by atomic mass is 32.2. The van der Waals surface area contributed by atoms with Crippen LogP contribution in [-0.2, 0) is 31.8 Å². The maximum atomic E-state index is 14.1. The second-order valence-electron chi connectivity index (χ2n) is 10.1. The van der Waals surface area contributed by atoms with Gasteiger partial charge in [-0.1, -0.05) is 29.8 Å². The van der Waals surface area contributed by atoms with Crippen molar-refractivity contribution in [3.8, 4) is 11.3 Å². The van der Waals surface area contributed by atoms with Crippen LogP contribution in [0.3, 0.4) is 0 Å². The van der Waals surface area contributed by atoms with Gasteiger partial charge >= 0.3 is 0 Å². The summed E-state index contributed by atoms with van der Waals surface area (Å²) in [6.45, 7) is 5.48. The molecule has 1 fully saturated rings. The fourth-order valence-corrected chi connectivity index (χ4v) is 7.67. The molecule has 0 bridgehead atoms. The number of rotatable bonds is 8. The van der Waals surface area contributed by atoms with Gasteiger partial charge < -0.3 is 4.74 Å². The van der Waals surface area contributed by atoms with Gasteiger partial charge in [0.2, 0.25) is 10.0 Å². The standard InChI is InChI=1S/C28H30N6O5S2/c1-20-6-8-23(9-7-20)41(37,38)34-26(17-25-27-22(18-29-28(25)34)19-30-32(27)2)21-4-3-5-24(16-21)40(35,36)31-10-11-33-12-14-39-15-13-33/h3-9,16-19,31H,10-15H2,1-2H3. The van der Waals surface area contributed by atoms with Crippen molar-refractivity contribution >= 4 is 42.0 Å². The number of hydrogen-bond acceptors (Lipinski definition) is 8. The van der Waals surface area contributed by atoms with Crippen molar-refractivity contribution in [3.05, 3.63) is 72.6 Å². The SMILES string of the molecule is Cc1ccc(S(=O)(=O)n2c(-c3cccc(S(=O)(=O)NCCN4CCOCC4)c3)cc3c4c(cnc32)cnn4C)cc1. The Bertz CT molecular complexity index is 1960. The molecule has 1 aliphatic heterocycles. The van der Waals surface area contributed by atoms with Gasteiger partial charge in [0.25, 0.3) is 10.0 Å². The molecule has 1 N–H and O–H groups in total. The van der Waals surface area contributed by atoms with Gasteiger partial charge in [0, 0.05) is 55.8 Å². The molecule has 2 aromatic carbocycles. The minimum absolute atomic E-state index is 0.0418. The zero-order valence-electron chi connectivity index (χ0n) is 22.7. The third kappa shape index (κ3) is 5.15. The Kier molecular flexibility index (Phi) is 7.16. The van der Waals surface area contributed by atoms with Crippen LogP contribution in [0.4, 0.5) is 0 Å². The van der Waals surface area contributed by atoms with E-state index in [1.807, 2.05) is 6.92 Å². The smallest absolute Gasteiger partial charge is 0.269 e. The molecule has 0 atom stereocenters. The first-order valence-corrected chi connectivity index (χ1v) is 16.1. The molecule has 5 aromatic rings. The molecule has 0 unspecified atom stereocenters. The average molecular weight is 595 g/mol. The van der Waals surface area contributed by atoms with E-state index in [9.17, 15) is 16.8 Å². The predicted molar refractivity (Wildman–Crippen MR) is 156 cm³/mol. The van der Waals surface area contributed by atoms with Crippen molar-refractivity contribution in [1.82, 2.24) is 28.4 Å². The van der Waals surface area contributed by atoms with E-state index in [2.05, 4.69) is 19.7 Å². The van der Waals surface area contributed by atoms with E-state index in [0.29, 0.717) is 36.4 Å². The van der Waals surface area contributed by atoms with Crippen LogP contribution in [0.5, 0.6) is 0 Å². The lowest BCUT2D eigenvalue weighted by Crippen LogP contribution is -2.41.